The van der Waals surface area contributed by atoms with Crippen molar-refractivity contribution in [2.24, 2.45) is 5.73 Å². The number of para-hydroxylation sites is 1. The van der Waals surface area contributed by atoms with Crippen LogP contribution in [0.15, 0.2) is 67.0 Å². The van der Waals surface area contributed by atoms with Crippen LogP contribution in [0.25, 0.3) is 22.3 Å². The van der Waals surface area contributed by atoms with E-state index in [1.807, 2.05) is 67.0 Å². The summed E-state index contributed by atoms with van der Waals surface area (Å²) < 4.78 is 5.20. The van der Waals surface area contributed by atoms with Crippen LogP contribution in [0.3, 0.4) is 0 Å². The normalized spacial score (nSPS) is 16.2. The highest BCUT2D eigenvalue weighted by atomic mass is 16.5. The molecule has 0 aliphatic carbocycles. The Morgan fingerprint density at radius 3 is 2.61 bits per heavy atom. The Hall–Kier alpha value is -3.84. The number of rotatable bonds is 6. The van der Waals surface area contributed by atoms with Gasteiger partial charge >= 0.3 is 0 Å². The number of hydrogen-bond donors (Lipinski definition) is 1. The van der Waals surface area contributed by atoms with Crippen molar-refractivity contribution in [3.05, 3.63) is 83.8 Å². The van der Waals surface area contributed by atoms with Gasteiger partial charge in [-0.05, 0) is 49.4 Å². The highest BCUT2D eigenvalue weighted by Crippen LogP contribution is 2.30. The first kappa shape index (κ1) is 21.0. The Labute approximate surface area is 192 Å². The molecule has 33 heavy (non-hydrogen) atoms. The standard InChI is InChI=1S/C26H25N5O2/c1-33-20-8-6-18(7-9-20)26-28-13-17(14-29-26)15-31-11-10-19(16-31)24-12-22(25(27)32)21-4-2-3-5-23(21)30-24/h2-9,12-14,19H,10-11,15-16H2,1H3,(H2,27,32)/t19-/m1/s1. The molecule has 2 aromatic carbocycles. The molecule has 0 radical (unpaired) electrons. The van der Waals surface area contributed by atoms with Crippen LogP contribution in [0.2, 0.25) is 0 Å². The first-order valence-electron chi connectivity index (χ1n) is 11.0. The van der Waals surface area contributed by atoms with Gasteiger partial charge in [0.05, 0.1) is 18.2 Å². The van der Waals surface area contributed by atoms with Gasteiger partial charge in [0.25, 0.3) is 0 Å². The van der Waals surface area contributed by atoms with Crippen LogP contribution in [0.4, 0.5) is 0 Å². The fourth-order valence-electron chi connectivity index (χ4n) is 4.41. The summed E-state index contributed by atoms with van der Waals surface area (Å²) in [5.41, 5.74) is 9.95. The predicted octanol–water partition coefficient (Wildman–Crippen LogP) is 3.79. The summed E-state index contributed by atoms with van der Waals surface area (Å²) in [5, 5.41) is 0.803. The van der Waals surface area contributed by atoms with Crippen molar-refractivity contribution in [2.45, 2.75) is 18.9 Å². The molecule has 1 amide bonds. The first-order chi connectivity index (χ1) is 16.1. The maximum atomic E-state index is 12.0. The number of fused-ring (bicyclic) bond motifs is 1. The van der Waals surface area contributed by atoms with E-state index in [-0.39, 0.29) is 5.92 Å². The number of hydrogen-bond acceptors (Lipinski definition) is 6. The zero-order valence-electron chi connectivity index (χ0n) is 18.4. The summed E-state index contributed by atoms with van der Waals surface area (Å²) in [5.74, 6) is 1.34. The topological polar surface area (TPSA) is 94.2 Å². The van der Waals surface area contributed by atoms with Gasteiger partial charge < -0.3 is 10.5 Å². The van der Waals surface area contributed by atoms with Crippen LogP contribution in [-0.4, -0.2) is 46.0 Å². The zero-order chi connectivity index (χ0) is 22.8. The van der Waals surface area contributed by atoms with Gasteiger partial charge in [0.1, 0.15) is 5.75 Å². The summed E-state index contributed by atoms with van der Waals surface area (Å²) in [6.07, 6.45) is 4.76. The average molecular weight is 440 g/mol. The average Bonchev–Trinajstić information content (AvgIpc) is 3.32. The minimum atomic E-state index is -0.418. The summed E-state index contributed by atoms with van der Waals surface area (Å²) in [6, 6.07) is 17.2. The molecule has 4 aromatic rings. The van der Waals surface area contributed by atoms with Crippen molar-refractivity contribution in [1.29, 1.82) is 0 Å². The van der Waals surface area contributed by atoms with Gasteiger partial charge in [0, 0.05) is 53.6 Å². The molecule has 0 saturated carbocycles. The number of methoxy groups -OCH3 is 1. The van der Waals surface area contributed by atoms with E-state index in [0.717, 1.165) is 59.5 Å². The van der Waals surface area contributed by atoms with Crippen molar-refractivity contribution in [3.63, 3.8) is 0 Å². The Kier molecular flexibility index (Phi) is 5.71. The number of amides is 1. The molecule has 0 spiro atoms. The van der Waals surface area contributed by atoms with Crippen LogP contribution in [0.5, 0.6) is 5.75 Å². The number of nitrogens with two attached hydrogens (primary N) is 1. The number of primary amides is 1. The van der Waals surface area contributed by atoms with E-state index in [2.05, 4.69) is 14.9 Å². The Morgan fingerprint density at radius 2 is 1.88 bits per heavy atom. The molecule has 1 fully saturated rings. The van der Waals surface area contributed by atoms with Gasteiger partial charge in [-0.25, -0.2) is 9.97 Å². The Balaban J connectivity index is 1.28. The third-order valence-corrected chi connectivity index (χ3v) is 6.15. The van der Waals surface area contributed by atoms with E-state index in [1.165, 1.54) is 0 Å². The minimum absolute atomic E-state index is 0.257. The van der Waals surface area contributed by atoms with Gasteiger partial charge in [-0.1, -0.05) is 18.2 Å². The molecule has 0 bridgehead atoms. The third kappa shape index (κ3) is 4.40. The molecular formula is C26H25N5O2. The van der Waals surface area contributed by atoms with Gasteiger partial charge in [-0.3, -0.25) is 14.7 Å². The Bertz CT molecular complexity index is 1290. The Morgan fingerprint density at radius 1 is 1.12 bits per heavy atom. The lowest BCUT2D eigenvalue weighted by Gasteiger charge is -2.16. The SMILES string of the molecule is COc1ccc(-c2ncc(CN3CC[C@@H](c4cc(C(N)=O)c5ccccc5n4)C3)cn2)cc1. The van der Waals surface area contributed by atoms with Gasteiger partial charge in [-0.2, -0.15) is 0 Å². The molecule has 3 heterocycles. The minimum Gasteiger partial charge on any atom is -0.497 e. The molecule has 0 unspecified atom stereocenters. The van der Waals surface area contributed by atoms with Crippen LogP contribution in [0, 0.1) is 0 Å². The molecule has 1 atom stereocenters. The van der Waals surface area contributed by atoms with E-state index >= 15 is 0 Å². The number of likely N-dealkylation sites (tertiary alicyclic amines) is 1. The quantitative estimate of drug-likeness (QED) is 0.491. The lowest BCUT2D eigenvalue weighted by molar-refractivity contribution is 0.100. The maximum absolute atomic E-state index is 12.0. The van der Waals surface area contributed by atoms with Gasteiger partial charge in [0.2, 0.25) is 5.91 Å². The number of aromatic nitrogens is 3. The second-order valence-corrected chi connectivity index (χ2v) is 8.34. The van der Waals surface area contributed by atoms with E-state index < -0.39 is 5.91 Å². The van der Waals surface area contributed by atoms with E-state index in [0.29, 0.717) is 11.4 Å². The zero-order valence-corrected chi connectivity index (χ0v) is 18.4. The van der Waals surface area contributed by atoms with Crippen molar-refractivity contribution < 1.29 is 9.53 Å². The number of carbonyl (C=O) groups is 1. The largest absolute Gasteiger partial charge is 0.497 e. The lowest BCUT2D eigenvalue weighted by atomic mass is 9.99. The molecule has 166 valence electrons. The summed E-state index contributed by atoms with van der Waals surface area (Å²) >= 11 is 0. The fraction of sp³-hybridized carbons (Fsp3) is 0.231. The smallest absolute Gasteiger partial charge is 0.249 e. The molecule has 7 nitrogen and oxygen atoms in total. The van der Waals surface area contributed by atoms with Crippen molar-refractivity contribution in [3.8, 4) is 17.1 Å². The summed E-state index contributed by atoms with van der Waals surface area (Å²) in [4.78, 5) is 28.3. The molecule has 2 aromatic heterocycles. The first-order valence-corrected chi connectivity index (χ1v) is 11.0. The van der Waals surface area contributed by atoms with E-state index in [9.17, 15) is 4.79 Å². The summed E-state index contributed by atoms with van der Waals surface area (Å²) in [6.45, 7) is 2.59. The number of carbonyl (C=O) groups excluding carboxylic acids is 1. The van der Waals surface area contributed by atoms with Crippen molar-refractivity contribution in [1.82, 2.24) is 19.9 Å². The van der Waals surface area contributed by atoms with Crippen molar-refractivity contribution >= 4 is 16.8 Å². The molecule has 1 aliphatic rings. The van der Waals surface area contributed by atoms with E-state index in [4.69, 9.17) is 15.5 Å². The number of benzene rings is 2. The molecule has 1 aliphatic heterocycles. The lowest BCUT2D eigenvalue weighted by Crippen LogP contribution is -2.20. The molecule has 5 rings (SSSR count). The predicted molar refractivity (Wildman–Crippen MR) is 127 cm³/mol. The van der Waals surface area contributed by atoms with Gasteiger partial charge in [-0.15, -0.1) is 0 Å². The van der Waals surface area contributed by atoms with Crippen LogP contribution < -0.4 is 10.5 Å². The van der Waals surface area contributed by atoms with Crippen LogP contribution in [0.1, 0.15) is 34.0 Å². The fourth-order valence-corrected chi connectivity index (χ4v) is 4.41. The number of ether oxygens (including phenoxy) is 1. The molecular weight excluding hydrogens is 414 g/mol. The highest BCUT2D eigenvalue weighted by molar-refractivity contribution is 6.05. The number of pyridine rings is 1. The summed E-state index contributed by atoms with van der Waals surface area (Å²) in [7, 11) is 1.65. The number of nitrogens with zero attached hydrogens (tertiary/aromatic N) is 4. The maximum Gasteiger partial charge on any atom is 0.249 e. The van der Waals surface area contributed by atoms with Crippen LogP contribution >= 0.6 is 0 Å². The van der Waals surface area contributed by atoms with Crippen molar-refractivity contribution in [2.75, 3.05) is 20.2 Å². The third-order valence-electron chi connectivity index (χ3n) is 6.15. The second kappa shape index (κ2) is 8.96. The van der Waals surface area contributed by atoms with Gasteiger partial charge in [0.15, 0.2) is 5.82 Å². The molecule has 7 heteroatoms. The molecule has 1 saturated heterocycles. The second-order valence-electron chi connectivity index (χ2n) is 8.34. The highest BCUT2D eigenvalue weighted by Gasteiger charge is 2.26. The van der Waals surface area contributed by atoms with E-state index in [1.54, 1.807) is 7.11 Å². The van der Waals surface area contributed by atoms with Crippen LogP contribution in [-0.2, 0) is 6.54 Å². The monoisotopic (exact) mass is 439 g/mol. The molecule has 2 N–H and O–H groups in total.